The predicted octanol–water partition coefficient (Wildman–Crippen LogP) is 3.05. The van der Waals surface area contributed by atoms with Gasteiger partial charge in [-0.05, 0) is 44.0 Å². The van der Waals surface area contributed by atoms with Crippen molar-refractivity contribution in [2.24, 2.45) is 0 Å². The lowest BCUT2D eigenvalue weighted by molar-refractivity contribution is 0.0284. The third kappa shape index (κ3) is 4.10. The number of hydrogen-bond donors (Lipinski definition) is 1. The van der Waals surface area contributed by atoms with E-state index in [0.29, 0.717) is 0 Å². The van der Waals surface area contributed by atoms with Gasteiger partial charge in [0.15, 0.2) is 0 Å². The van der Waals surface area contributed by atoms with Crippen LogP contribution in [0.15, 0.2) is 18.2 Å². The molecule has 1 N–H and O–H groups in total. The Balaban J connectivity index is 2.70. The van der Waals surface area contributed by atoms with Gasteiger partial charge in [-0.25, -0.2) is 0 Å². The molecule has 1 aromatic carbocycles. The van der Waals surface area contributed by atoms with Crippen LogP contribution in [0.3, 0.4) is 0 Å². The summed E-state index contributed by atoms with van der Waals surface area (Å²) in [5.74, 6) is 0.748. The van der Waals surface area contributed by atoms with Gasteiger partial charge in [0, 0.05) is 5.02 Å². The molecule has 0 saturated carbocycles. The SMILES string of the molecule is CCc1cc(OCC(C)(C)O)ccc1Cl. The first-order valence-corrected chi connectivity index (χ1v) is 5.44. The second-order valence-electron chi connectivity index (χ2n) is 4.21. The standard InChI is InChI=1S/C12H17ClO2/c1-4-9-7-10(5-6-11(9)13)15-8-12(2,3)14/h5-7,14H,4,8H2,1-3H3. The summed E-state index contributed by atoms with van der Waals surface area (Å²) in [7, 11) is 0. The van der Waals surface area contributed by atoms with Crippen molar-refractivity contribution < 1.29 is 9.84 Å². The van der Waals surface area contributed by atoms with Crippen LogP contribution in [0.4, 0.5) is 0 Å². The van der Waals surface area contributed by atoms with Gasteiger partial charge in [-0.2, -0.15) is 0 Å². The minimum absolute atomic E-state index is 0.276. The smallest absolute Gasteiger partial charge is 0.119 e. The van der Waals surface area contributed by atoms with Crippen LogP contribution < -0.4 is 4.74 Å². The number of hydrogen-bond acceptors (Lipinski definition) is 2. The Kier molecular flexibility index (Phi) is 4.00. The van der Waals surface area contributed by atoms with Crippen molar-refractivity contribution in [1.82, 2.24) is 0 Å². The van der Waals surface area contributed by atoms with Crippen LogP contribution in [0.25, 0.3) is 0 Å². The molecule has 1 aromatic rings. The topological polar surface area (TPSA) is 29.5 Å². The van der Waals surface area contributed by atoms with Crippen LogP contribution in [-0.4, -0.2) is 17.3 Å². The van der Waals surface area contributed by atoms with Crippen LogP contribution in [-0.2, 0) is 6.42 Å². The monoisotopic (exact) mass is 228 g/mol. The lowest BCUT2D eigenvalue weighted by Gasteiger charge is -2.18. The lowest BCUT2D eigenvalue weighted by Crippen LogP contribution is -2.27. The molecular weight excluding hydrogens is 212 g/mol. The largest absolute Gasteiger partial charge is 0.491 e. The average Bonchev–Trinajstić information content (AvgIpc) is 2.15. The Labute approximate surface area is 95.8 Å². The molecule has 0 aliphatic carbocycles. The molecular formula is C12H17ClO2. The highest BCUT2D eigenvalue weighted by Crippen LogP contribution is 2.23. The zero-order valence-electron chi connectivity index (χ0n) is 9.38. The van der Waals surface area contributed by atoms with Crippen molar-refractivity contribution in [3.63, 3.8) is 0 Å². The van der Waals surface area contributed by atoms with Crippen LogP contribution in [0, 0.1) is 0 Å². The fourth-order valence-electron chi connectivity index (χ4n) is 1.17. The molecule has 1 rings (SSSR count). The van der Waals surface area contributed by atoms with Crippen molar-refractivity contribution >= 4 is 11.6 Å². The highest BCUT2D eigenvalue weighted by molar-refractivity contribution is 6.31. The molecule has 0 aromatic heterocycles. The molecule has 84 valence electrons. The van der Waals surface area contributed by atoms with E-state index in [0.717, 1.165) is 22.8 Å². The first kappa shape index (κ1) is 12.3. The summed E-state index contributed by atoms with van der Waals surface area (Å²) in [6.07, 6.45) is 0.874. The highest BCUT2D eigenvalue weighted by atomic mass is 35.5. The molecule has 0 heterocycles. The molecule has 0 bridgehead atoms. The van der Waals surface area contributed by atoms with Gasteiger partial charge < -0.3 is 9.84 Å². The summed E-state index contributed by atoms with van der Waals surface area (Å²) < 4.78 is 5.46. The predicted molar refractivity (Wildman–Crippen MR) is 62.6 cm³/mol. The first-order chi connectivity index (χ1) is 6.92. The zero-order chi connectivity index (χ0) is 11.5. The van der Waals surface area contributed by atoms with E-state index >= 15 is 0 Å². The summed E-state index contributed by atoms with van der Waals surface area (Å²) in [5.41, 5.74) is 0.247. The van der Waals surface area contributed by atoms with Crippen molar-refractivity contribution in [2.75, 3.05) is 6.61 Å². The van der Waals surface area contributed by atoms with E-state index in [4.69, 9.17) is 16.3 Å². The highest BCUT2D eigenvalue weighted by Gasteiger charge is 2.13. The fourth-order valence-corrected chi connectivity index (χ4v) is 1.42. The molecule has 0 aliphatic heterocycles. The zero-order valence-corrected chi connectivity index (χ0v) is 10.1. The van der Waals surface area contributed by atoms with Crippen LogP contribution in [0.2, 0.25) is 5.02 Å². The van der Waals surface area contributed by atoms with E-state index in [1.54, 1.807) is 13.8 Å². The van der Waals surface area contributed by atoms with E-state index in [1.807, 2.05) is 25.1 Å². The van der Waals surface area contributed by atoms with Crippen LogP contribution in [0.1, 0.15) is 26.3 Å². The molecule has 0 amide bonds. The summed E-state index contributed by atoms with van der Waals surface area (Å²) in [4.78, 5) is 0. The van der Waals surface area contributed by atoms with Gasteiger partial charge in [0.05, 0.1) is 5.60 Å². The number of benzene rings is 1. The third-order valence-electron chi connectivity index (χ3n) is 1.99. The summed E-state index contributed by atoms with van der Waals surface area (Å²) in [5, 5.41) is 10.3. The van der Waals surface area contributed by atoms with Gasteiger partial charge in [0.25, 0.3) is 0 Å². The van der Waals surface area contributed by atoms with Crippen LogP contribution >= 0.6 is 11.6 Å². The van der Waals surface area contributed by atoms with E-state index in [9.17, 15) is 5.11 Å². The molecule has 0 spiro atoms. The second-order valence-corrected chi connectivity index (χ2v) is 4.62. The van der Waals surface area contributed by atoms with Crippen LogP contribution in [0.5, 0.6) is 5.75 Å². The molecule has 0 unspecified atom stereocenters. The number of rotatable bonds is 4. The number of aliphatic hydroxyl groups is 1. The number of halogens is 1. The molecule has 0 fully saturated rings. The van der Waals surface area contributed by atoms with Gasteiger partial charge in [0.1, 0.15) is 12.4 Å². The number of aryl methyl sites for hydroxylation is 1. The van der Waals surface area contributed by atoms with Gasteiger partial charge >= 0.3 is 0 Å². The van der Waals surface area contributed by atoms with Crippen molar-refractivity contribution in [2.45, 2.75) is 32.8 Å². The summed E-state index contributed by atoms with van der Waals surface area (Å²) in [6, 6.07) is 5.54. The van der Waals surface area contributed by atoms with Gasteiger partial charge in [-0.3, -0.25) is 0 Å². The van der Waals surface area contributed by atoms with Gasteiger partial charge in [-0.15, -0.1) is 0 Å². The minimum Gasteiger partial charge on any atom is -0.491 e. The Morgan fingerprint density at radius 1 is 1.40 bits per heavy atom. The molecule has 0 radical (unpaired) electrons. The maximum absolute atomic E-state index is 9.51. The molecule has 2 nitrogen and oxygen atoms in total. The summed E-state index contributed by atoms with van der Waals surface area (Å²) >= 11 is 5.98. The quantitative estimate of drug-likeness (QED) is 0.859. The second kappa shape index (κ2) is 4.86. The Morgan fingerprint density at radius 3 is 2.60 bits per heavy atom. The van der Waals surface area contributed by atoms with E-state index in [1.165, 1.54) is 0 Å². The van der Waals surface area contributed by atoms with Crippen molar-refractivity contribution in [3.05, 3.63) is 28.8 Å². The van der Waals surface area contributed by atoms with Crippen molar-refractivity contribution in [3.8, 4) is 5.75 Å². The lowest BCUT2D eigenvalue weighted by atomic mass is 10.1. The first-order valence-electron chi connectivity index (χ1n) is 5.06. The Bertz CT molecular complexity index is 329. The van der Waals surface area contributed by atoms with Gasteiger partial charge in [0.2, 0.25) is 0 Å². The Hall–Kier alpha value is -0.730. The average molecular weight is 229 g/mol. The summed E-state index contributed by atoms with van der Waals surface area (Å²) in [6.45, 7) is 5.74. The maximum Gasteiger partial charge on any atom is 0.119 e. The van der Waals surface area contributed by atoms with Gasteiger partial charge in [-0.1, -0.05) is 18.5 Å². The minimum atomic E-state index is -0.813. The fraction of sp³-hybridized carbons (Fsp3) is 0.500. The van der Waals surface area contributed by atoms with Crippen molar-refractivity contribution in [1.29, 1.82) is 0 Å². The molecule has 3 heteroatoms. The maximum atomic E-state index is 9.51. The molecule has 0 aliphatic rings. The third-order valence-corrected chi connectivity index (χ3v) is 2.36. The van der Waals surface area contributed by atoms with E-state index in [2.05, 4.69) is 0 Å². The Morgan fingerprint density at radius 2 is 2.07 bits per heavy atom. The van der Waals surface area contributed by atoms with E-state index < -0.39 is 5.60 Å². The van der Waals surface area contributed by atoms with E-state index in [-0.39, 0.29) is 6.61 Å². The molecule has 0 saturated heterocycles. The molecule has 0 atom stereocenters. The molecule has 15 heavy (non-hydrogen) atoms. The normalized spacial score (nSPS) is 11.5. The number of ether oxygens (including phenoxy) is 1.